The zero-order valence-corrected chi connectivity index (χ0v) is 17.0. The molecule has 1 saturated heterocycles. The predicted molar refractivity (Wildman–Crippen MR) is 108 cm³/mol. The molecule has 7 nitrogen and oxygen atoms in total. The third-order valence-electron chi connectivity index (χ3n) is 4.85. The van der Waals surface area contributed by atoms with Gasteiger partial charge in [0.05, 0.1) is 39.1 Å². The van der Waals surface area contributed by atoms with Crippen LogP contribution in [0.3, 0.4) is 0 Å². The van der Waals surface area contributed by atoms with Crippen LogP contribution in [0, 0.1) is 0 Å². The van der Waals surface area contributed by atoms with Crippen LogP contribution in [0.15, 0.2) is 52.7 Å². The quantitative estimate of drug-likeness (QED) is 0.401. The number of furan rings is 1. The molecule has 1 aliphatic heterocycles. The molecule has 0 aliphatic carbocycles. The molecule has 1 aromatic heterocycles. The van der Waals surface area contributed by atoms with Crippen LogP contribution in [0.25, 0.3) is 5.76 Å². The highest BCUT2D eigenvalue weighted by molar-refractivity contribution is 6.46. The lowest BCUT2D eigenvalue weighted by atomic mass is 9.99. The van der Waals surface area contributed by atoms with Crippen molar-refractivity contribution in [2.45, 2.75) is 19.4 Å². The van der Waals surface area contributed by atoms with Crippen molar-refractivity contribution in [1.29, 1.82) is 0 Å². The van der Waals surface area contributed by atoms with Gasteiger partial charge in [-0.15, -0.1) is 0 Å². The van der Waals surface area contributed by atoms with Gasteiger partial charge in [0.15, 0.2) is 0 Å². The number of rotatable bonds is 8. The molecule has 2 N–H and O–H groups in total. The van der Waals surface area contributed by atoms with Gasteiger partial charge in [0, 0.05) is 18.5 Å². The number of nitrogens with one attached hydrogen (secondary N) is 1. The van der Waals surface area contributed by atoms with Gasteiger partial charge >= 0.3 is 0 Å². The molecule has 0 unspecified atom stereocenters. The monoisotopic (exact) mass is 399 g/mol. The summed E-state index contributed by atoms with van der Waals surface area (Å²) in [7, 11) is 4.06. The summed E-state index contributed by atoms with van der Waals surface area (Å²) in [6, 6.07) is 9.50. The highest BCUT2D eigenvalue weighted by Gasteiger charge is 2.47. The first kappa shape index (κ1) is 20.7. The van der Waals surface area contributed by atoms with Gasteiger partial charge < -0.3 is 24.1 Å². The molecule has 0 bridgehead atoms. The largest absolute Gasteiger partial charge is 0.507 e. The molecular formula is C22H27N2O5+. The first-order chi connectivity index (χ1) is 13.9. The Balaban J connectivity index is 2.03. The van der Waals surface area contributed by atoms with Crippen molar-refractivity contribution in [2.24, 2.45) is 0 Å². The third kappa shape index (κ3) is 4.35. The lowest BCUT2D eigenvalue weighted by Crippen LogP contribution is -3.05. The van der Waals surface area contributed by atoms with Gasteiger partial charge in [-0.3, -0.25) is 9.59 Å². The van der Waals surface area contributed by atoms with Crippen LogP contribution in [-0.4, -0.2) is 55.5 Å². The van der Waals surface area contributed by atoms with E-state index in [-0.39, 0.29) is 11.3 Å². The van der Waals surface area contributed by atoms with Crippen molar-refractivity contribution in [1.82, 2.24) is 4.90 Å². The summed E-state index contributed by atoms with van der Waals surface area (Å²) in [5.41, 5.74) is 0.457. The van der Waals surface area contributed by atoms with Gasteiger partial charge in [-0.2, -0.15) is 0 Å². The topological polar surface area (TPSA) is 84.4 Å². The Hall–Kier alpha value is -3.06. The molecular weight excluding hydrogens is 372 g/mol. The Bertz CT molecular complexity index is 902. The molecule has 0 saturated carbocycles. The number of nitrogens with zero attached hydrogens (tertiary/aromatic N) is 1. The number of amides is 1. The first-order valence-corrected chi connectivity index (χ1v) is 9.78. The second-order valence-electron chi connectivity index (χ2n) is 7.28. The molecule has 0 radical (unpaired) electrons. The van der Waals surface area contributed by atoms with Crippen molar-refractivity contribution in [3.8, 4) is 5.75 Å². The number of quaternary nitrogens is 1. The Labute approximate surface area is 170 Å². The van der Waals surface area contributed by atoms with Gasteiger partial charge in [0.2, 0.25) is 0 Å². The second-order valence-corrected chi connectivity index (χ2v) is 7.28. The van der Waals surface area contributed by atoms with Crippen molar-refractivity contribution >= 4 is 17.4 Å². The van der Waals surface area contributed by atoms with Crippen molar-refractivity contribution in [3.05, 3.63) is 59.6 Å². The number of hydrogen-bond donors (Lipinski definition) is 2. The fourth-order valence-electron chi connectivity index (χ4n) is 3.51. The molecule has 1 amide bonds. The molecule has 7 heteroatoms. The highest BCUT2D eigenvalue weighted by Crippen LogP contribution is 2.39. The van der Waals surface area contributed by atoms with Gasteiger partial charge in [0.25, 0.3) is 11.7 Å². The molecule has 154 valence electrons. The number of aliphatic hydroxyl groups excluding tert-OH is 1. The smallest absolute Gasteiger partial charge is 0.295 e. The summed E-state index contributed by atoms with van der Waals surface area (Å²) < 4.78 is 11.0. The van der Waals surface area contributed by atoms with Crippen LogP contribution < -0.4 is 9.64 Å². The SMILES string of the molecule is CCOc1cccc(C(O)=C2C(=O)C(=O)N(CCC[NH+](C)C)[C@@H]2c2ccco2)c1. The molecule has 2 heterocycles. The summed E-state index contributed by atoms with van der Waals surface area (Å²) in [5, 5.41) is 11.0. The molecule has 1 aromatic carbocycles. The number of carbonyl (C=O) groups excluding carboxylic acids is 2. The third-order valence-corrected chi connectivity index (χ3v) is 4.85. The van der Waals surface area contributed by atoms with E-state index in [1.807, 2.05) is 21.0 Å². The predicted octanol–water partition coefficient (Wildman–Crippen LogP) is 1.63. The lowest BCUT2D eigenvalue weighted by molar-refractivity contribution is -0.858. The summed E-state index contributed by atoms with van der Waals surface area (Å²) in [6.07, 6.45) is 2.22. The number of carbonyl (C=O) groups is 2. The first-order valence-electron chi connectivity index (χ1n) is 9.78. The fourth-order valence-corrected chi connectivity index (χ4v) is 3.51. The molecule has 3 rings (SSSR count). The number of benzene rings is 1. The Morgan fingerprint density at radius 2 is 2.03 bits per heavy atom. The fraction of sp³-hybridized carbons (Fsp3) is 0.364. The van der Waals surface area contributed by atoms with E-state index in [0.29, 0.717) is 30.2 Å². The summed E-state index contributed by atoms with van der Waals surface area (Å²) in [6.45, 7) is 3.60. The van der Waals surface area contributed by atoms with Crippen LogP contribution in [0.5, 0.6) is 5.75 Å². The van der Waals surface area contributed by atoms with E-state index < -0.39 is 17.7 Å². The molecule has 1 aliphatic rings. The van der Waals surface area contributed by atoms with E-state index in [9.17, 15) is 14.7 Å². The van der Waals surface area contributed by atoms with E-state index in [0.717, 1.165) is 13.0 Å². The maximum Gasteiger partial charge on any atom is 0.295 e. The minimum Gasteiger partial charge on any atom is -0.507 e. The number of ether oxygens (including phenoxy) is 1. The normalized spacial score (nSPS) is 18.6. The van der Waals surface area contributed by atoms with E-state index in [1.54, 1.807) is 36.4 Å². The van der Waals surface area contributed by atoms with Crippen LogP contribution >= 0.6 is 0 Å². The zero-order valence-electron chi connectivity index (χ0n) is 17.0. The van der Waals surface area contributed by atoms with Gasteiger partial charge in [-0.05, 0) is 31.2 Å². The Morgan fingerprint density at radius 3 is 2.69 bits per heavy atom. The van der Waals surface area contributed by atoms with E-state index in [1.165, 1.54) is 16.1 Å². The van der Waals surface area contributed by atoms with E-state index >= 15 is 0 Å². The minimum atomic E-state index is -0.752. The maximum absolute atomic E-state index is 12.9. The average molecular weight is 399 g/mol. The molecule has 0 spiro atoms. The second kappa shape index (κ2) is 8.96. The van der Waals surface area contributed by atoms with Crippen LogP contribution in [0.1, 0.15) is 30.7 Å². The minimum absolute atomic E-state index is 0.0378. The van der Waals surface area contributed by atoms with Crippen LogP contribution in [0.4, 0.5) is 0 Å². The van der Waals surface area contributed by atoms with Crippen molar-refractivity contribution < 1.29 is 28.7 Å². The van der Waals surface area contributed by atoms with E-state index in [2.05, 4.69) is 0 Å². The Morgan fingerprint density at radius 1 is 1.24 bits per heavy atom. The van der Waals surface area contributed by atoms with Crippen molar-refractivity contribution in [2.75, 3.05) is 33.8 Å². The number of Topliss-reactive ketones (excluding diaryl/α,β-unsaturated/α-hetero) is 1. The van der Waals surface area contributed by atoms with Crippen molar-refractivity contribution in [3.63, 3.8) is 0 Å². The molecule has 2 aromatic rings. The van der Waals surface area contributed by atoms with E-state index in [4.69, 9.17) is 9.15 Å². The summed E-state index contributed by atoms with van der Waals surface area (Å²) in [4.78, 5) is 28.4. The summed E-state index contributed by atoms with van der Waals surface area (Å²) in [5.74, 6) is -0.532. The van der Waals surface area contributed by atoms with Gasteiger partial charge in [-0.25, -0.2) is 0 Å². The van der Waals surface area contributed by atoms with Crippen LogP contribution in [-0.2, 0) is 9.59 Å². The molecule has 1 fully saturated rings. The van der Waals surface area contributed by atoms with Gasteiger partial charge in [0.1, 0.15) is 23.3 Å². The lowest BCUT2D eigenvalue weighted by Gasteiger charge is -2.23. The standard InChI is InChI=1S/C22H26N2O5/c1-4-28-16-9-5-8-15(14-16)20(25)18-19(17-10-6-13-29-17)24(22(27)21(18)26)12-7-11-23(2)3/h5-6,8-10,13-14,19,25H,4,7,11-12H2,1-3H3/p+1/t19-/m1/s1. The Kier molecular flexibility index (Phi) is 6.39. The average Bonchev–Trinajstić information content (AvgIpc) is 3.30. The number of hydrogen-bond acceptors (Lipinski definition) is 5. The number of likely N-dealkylation sites (tertiary alicyclic amines) is 1. The summed E-state index contributed by atoms with van der Waals surface area (Å²) >= 11 is 0. The number of ketones is 1. The van der Waals surface area contributed by atoms with Gasteiger partial charge in [-0.1, -0.05) is 12.1 Å². The highest BCUT2D eigenvalue weighted by atomic mass is 16.5. The molecule has 29 heavy (non-hydrogen) atoms. The molecule has 1 atom stereocenters. The zero-order chi connectivity index (χ0) is 21.0. The maximum atomic E-state index is 12.9. The number of aliphatic hydroxyl groups is 1. The van der Waals surface area contributed by atoms with Crippen LogP contribution in [0.2, 0.25) is 0 Å².